The van der Waals surface area contributed by atoms with Gasteiger partial charge in [0.15, 0.2) is 0 Å². The third kappa shape index (κ3) is 4.32. The van der Waals surface area contributed by atoms with Gasteiger partial charge >= 0.3 is 0 Å². The molecule has 2 saturated heterocycles. The molecule has 3 aliphatic rings. The number of likely N-dealkylation sites (tertiary alicyclic amines) is 1. The summed E-state index contributed by atoms with van der Waals surface area (Å²) >= 11 is 0. The Morgan fingerprint density at radius 3 is 2.47 bits per heavy atom. The molecule has 0 aliphatic carbocycles. The number of halogens is 1. The second kappa shape index (κ2) is 9.15. The van der Waals surface area contributed by atoms with E-state index in [0.717, 1.165) is 29.3 Å². The van der Waals surface area contributed by atoms with E-state index in [1.807, 2.05) is 19.9 Å². The Labute approximate surface area is 195 Å². The summed E-state index contributed by atoms with van der Waals surface area (Å²) < 4.78 is 27.1. The van der Waals surface area contributed by atoms with Crippen LogP contribution in [0.2, 0.25) is 0 Å². The van der Waals surface area contributed by atoms with E-state index >= 15 is 0 Å². The van der Waals surface area contributed by atoms with Gasteiger partial charge in [0.25, 0.3) is 5.91 Å². The molecule has 0 aromatic carbocycles. The van der Waals surface area contributed by atoms with E-state index in [2.05, 4.69) is 10.00 Å². The monoisotopic (exact) mass is 485 g/mol. The van der Waals surface area contributed by atoms with Gasteiger partial charge in [0, 0.05) is 20.1 Å². The van der Waals surface area contributed by atoms with Gasteiger partial charge in [-0.2, -0.15) is 5.10 Å². The largest absolute Gasteiger partial charge is 0.324 e. The summed E-state index contributed by atoms with van der Waals surface area (Å²) in [6, 6.07) is 1.25. The van der Waals surface area contributed by atoms with Crippen molar-refractivity contribution in [2.24, 2.45) is 18.9 Å². The molecule has 0 unspecified atom stereocenters. The second-order valence-electron chi connectivity index (χ2n) is 9.15. The van der Waals surface area contributed by atoms with Gasteiger partial charge in [-0.1, -0.05) is 20.3 Å². The van der Waals surface area contributed by atoms with E-state index in [1.165, 1.54) is 19.3 Å². The van der Waals surface area contributed by atoms with Crippen molar-refractivity contribution < 1.29 is 18.0 Å². The second-order valence-corrected chi connectivity index (χ2v) is 11.0. The minimum Gasteiger partial charge on any atom is -0.324 e. The van der Waals surface area contributed by atoms with Gasteiger partial charge in [-0.15, -0.1) is 12.4 Å². The van der Waals surface area contributed by atoms with E-state index in [-0.39, 0.29) is 30.8 Å². The van der Waals surface area contributed by atoms with Crippen molar-refractivity contribution in [1.29, 1.82) is 0 Å². The Hall–Kier alpha value is -1.91. The Morgan fingerprint density at radius 1 is 1.22 bits per heavy atom. The summed E-state index contributed by atoms with van der Waals surface area (Å²) in [5, 5.41) is 4.54. The predicted octanol–water partition coefficient (Wildman–Crippen LogP) is 1.61. The van der Waals surface area contributed by atoms with Crippen molar-refractivity contribution in [2.75, 3.05) is 25.9 Å². The summed E-state index contributed by atoms with van der Waals surface area (Å²) in [7, 11) is -2.00. The van der Waals surface area contributed by atoms with Gasteiger partial charge in [0.1, 0.15) is 5.69 Å². The maximum Gasteiger partial charge on any atom is 0.272 e. The number of carbonyl (C=O) groups is 2. The molecule has 2 fully saturated rings. The normalized spacial score (nSPS) is 24.0. The number of sulfonamides is 1. The molecular weight excluding hydrogens is 454 g/mol. The van der Waals surface area contributed by atoms with E-state index < -0.39 is 27.9 Å². The van der Waals surface area contributed by atoms with Crippen LogP contribution in [-0.4, -0.2) is 76.0 Å². The minimum absolute atomic E-state index is 0. The quantitative estimate of drug-likeness (QED) is 0.628. The molecule has 0 radical (unpaired) electrons. The fourth-order valence-corrected chi connectivity index (χ4v) is 6.09. The van der Waals surface area contributed by atoms with Crippen LogP contribution >= 0.6 is 12.4 Å². The van der Waals surface area contributed by atoms with Gasteiger partial charge in [-0.05, 0) is 44.0 Å². The molecule has 11 heteroatoms. The van der Waals surface area contributed by atoms with Gasteiger partial charge < -0.3 is 4.90 Å². The number of carbonyl (C=O) groups excluding carboxylic acids is 2. The van der Waals surface area contributed by atoms with Crippen LogP contribution in [0.15, 0.2) is 17.8 Å². The zero-order valence-electron chi connectivity index (χ0n) is 19.0. The average Bonchev–Trinajstić information content (AvgIpc) is 3.33. The molecule has 0 spiro atoms. The molecule has 1 aromatic rings. The Bertz CT molecular complexity index is 1030. The molecule has 32 heavy (non-hydrogen) atoms. The molecule has 2 atom stereocenters. The predicted molar refractivity (Wildman–Crippen MR) is 123 cm³/mol. The molecule has 0 bridgehead atoms. The number of amides is 2. The van der Waals surface area contributed by atoms with Gasteiger partial charge in [-0.3, -0.25) is 19.2 Å². The summed E-state index contributed by atoms with van der Waals surface area (Å²) in [6.45, 7) is 6.83. The van der Waals surface area contributed by atoms with Crippen LogP contribution in [0.1, 0.15) is 49.3 Å². The van der Waals surface area contributed by atoms with E-state index in [0.29, 0.717) is 17.9 Å². The molecule has 0 N–H and O–H groups in total. The number of nitrogens with zero attached hydrogens (tertiary/aromatic N) is 5. The molecule has 0 saturated carbocycles. The van der Waals surface area contributed by atoms with E-state index in [9.17, 15) is 18.0 Å². The maximum absolute atomic E-state index is 13.5. The van der Waals surface area contributed by atoms with E-state index in [1.54, 1.807) is 22.7 Å². The smallest absolute Gasteiger partial charge is 0.272 e. The Morgan fingerprint density at radius 2 is 1.88 bits per heavy atom. The summed E-state index contributed by atoms with van der Waals surface area (Å²) in [6.07, 6.45) is 6.35. The van der Waals surface area contributed by atoms with Crippen molar-refractivity contribution >= 4 is 34.2 Å². The van der Waals surface area contributed by atoms with Gasteiger partial charge in [0.2, 0.25) is 15.9 Å². The lowest BCUT2D eigenvalue weighted by atomic mass is 9.89. The van der Waals surface area contributed by atoms with Crippen molar-refractivity contribution in [2.45, 2.75) is 45.7 Å². The number of piperidine rings is 1. The summed E-state index contributed by atoms with van der Waals surface area (Å²) in [5.41, 5.74) is 1.70. The highest BCUT2D eigenvalue weighted by molar-refractivity contribution is 7.89. The number of hydrogen-bond donors (Lipinski definition) is 0. The van der Waals surface area contributed by atoms with Crippen molar-refractivity contribution in [3.63, 3.8) is 0 Å². The van der Waals surface area contributed by atoms with Crippen LogP contribution < -0.4 is 0 Å². The highest BCUT2D eigenvalue weighted by Gasteiger charge is 2.55. The number of fused-ring (bicyclic) bond motifs is 1. The number of aryl methyl sites for hydroxylation is 1. The van der Waals surface area contributed by atoms with Gasteiger partial charge in [0.05, 0.1) is 29.6 Å². The SMILES string of the molecule is CC(C)[C@H]1C(=O)N(S(C)(=O)=O)C2=CCN(C(=O)c3cc(CN4CCCCC4)nn3C)[C@@H]21.Cl. The van der Waals surface area contributed by atoms with Crippen LogP contribution in [0.5, 0.6) is 0 Å². The first-order chi connectivity index (χ1) is 14.6. The number of hydrogen-bond acceptors (Lipinski definition) is 6. The fourth-order valence-electron chi connectivity index (χ4n) is 5.08. The van der Waals surface area contributed by atoms with Crippen LogP contribution in [0.4, 0.5) is 0 Å². The third-order valence-electron chi connectivity index (χ3n) is 6.49. The number of aromatic nitrogens is 2. The highest BCUT2D eigenvalue weighted by atomic mass is 35.5. The molecule has 9 nitrogen and oxygen atoms in total. The summed E-state index contributed by atoms with van der Waals surface area (Å²) in [5.74, 6) is -1.39. The van der Waals surface area contributed by atoms with Gasteiger partial charge in [-0.25, -0.2) is 12.7 Å². The Kier molecular flexibility index (Phi) is 7.07. The van der Waals surface area contributed by atoms with Crippen molar-refractivity contribution in [3.05, 3.63) is 29.2 Å². The Balaban J connectivity index is 0.00000289. The lowest BCUT2D eigenvalue weighted by Crippen LogP contribution is -2.43. The highest BCUT2D eigenvalue weighted by Crippen LogP contribution is 2.41. The molecule has 1 aromatic heterocycles. The standard InChI is InChI=1S/C21H31N5O4S.ClH/c1-14(2)18-19-16(26(21(18)28)31(4,29)30)8-11-25(19)20(27)17-12-15(22-23(17)3)13-24-9-6-5-7-10-24;/h8,12,14,18-19H,5-7,9-11,13H2,1-4H3;1H/t18-,19+;/m1./s1. The molecular formula is C21H32ClN5O4S. The van der Waals surface area contributed by atoms with E-state index in [4.69, 9.17) is 0 Å². The first-order valence-electron chi connectivity index (χ1n) is 10.9. The average molecular weight is 486 g/mol. The van der Waals surface area contributed by atoms with Crippen molar-refractivity contribution in [1.82, 2.24) is 23.9 Å². The molecule has 178 valence electrons. The number of rotatable bonds is 5. The van der Waals surface area contributed by atoms with Crippen LogP contribution in [-0.2, 0) is 28.4 Å². The first-order valence-corrected chi connectivity index (χ1v) is 12.7. The zero-order valence-corrected chi connectivity index (χ0v) is 20.7. The summed E-state index contributed by atoms with van der Waals surface area (Å²) in [4.78, 5) is 30.4. The third-order valence-corrected chi connectivity index (χ3v) is 7.54. The maximum atomic E-state index is 13.5. The molecule has 4 heterocycles. The molecule has 2 amide bonds. The lowest BCUT2D eigenvalue weighted by Gasteiger charge is -2.28. The minimum atomic E-state index is -3.75. The fraction of sp³-hybridized carbons (Fsp3) is 0.667. The zero-order chi connectivity index (χ0) is 22.5. The van der Waals surface area contributed by atoms with Crippen LogP contribution in [0, 0.1) is 11.8 Å². The van der Waals surface area contributed by atoms with Crippen molar-refractivity contribution in [3.8, 4) is 0 Å². The first kappa shape index (κ1) is 24.7. The topological polar surface area (TPSA) is 95.8 Å². The molecule has 4 rings (SSSR count). The van der Waals surface area contributed by atoms with Crippen LogP contribution in [0.3, 0.4) is 0 Å². The van der Waals surface area contributed by atoms with Crippen LogP contribution in [0.25, 0.3) is 0 Å². The molecule has 3 aliphatic heterocycles. The lowest BCUT2D eigenvalue weighted by molar-refractivity contribution is -0.128.